The number of aliphatic hydroxyl groups is 1. The maximum Gasteiger partial charge on any atom is 0.226 e. The maximum absolute atomic E-state index is 10.3. The van der Waals surface area contributed by atoms with Crippen molar-refractivity contribution < 1.29 is 19.1 Å². The molecule has 0 aromatic carbocycles. The molecule has 3 aliphatic rings. The molecule has 1 atom stereocenters. The Kier molecular flexibility index (Phi) is 7.26. The molecule has 1 spiro atoms. The Balaban J connectivity index is 1.30. The number of hydrogen-bond acceptors (Lipinski definition) is 12. The molecule has 13 heteroatoms. The molecule has 0 radical (unpaired) electrons. The number of nitrogens with zero attached hydrogens (tertiary/aromatic N) is 8. The second-order valence-corrected chi connectivity index (χ2v) is 13.1. The first-order chi connectivity index (χ1) is 21.4. The quantitative estimate of drug-likeness (QED) is 0.201. The summed E-state index contributed by atoms with van der Waals surface area (Å²) in [6.45, 7) is 0.399. The molecule has 4 aromatic heterocycles. The van der Waals surface area contributed by atoms with Crippen LogP contribution >= 0.6 is 11.3 Å². The number of fused-ring (bicyclic) bond motifs is 4. The molecular weight excluding hydrogens is 580 g/mol. The van der Waals surface area contributed by atoms with Crippen LogP contribution < -0.4 is 9.47 Å². The highest BCUT2D eigenvalue weighted by molar-refractivity contribution is 7.16. The molecule has 3 aliphatic carbocycles. The number of aryl methyl sites for hydroxylation is 1. The van der Waals surface area contributed by atoms with Gasteiger partial charge in [0.05, 0.1) is 49.0 Å². The van der Waals surface area contributed by atoms with E-state index in [1.165, 1.54) is 11.2 Å². The van der Waals surface area contributed by atoms with Gasteiger partial charge < -0.3 is 24.0 Å². The highest BCUT2D eigenvalue weighted by atomic mass is 32.1. The van der Waals surface area contributed by atoms with Crippen molar-refractivity contribution in [3.63, 3.8) is 0 Å². The van der Waals surface area contributed by atoms with E-state index in [2.05, 4.69) is 26.2 Å². The minimum atomic E-state index is -0.464. The Morgan fingerprint density at radius 3 is 2.64 bits per heavy atom. The lowest BCUT2D eigenvalue weighted by molar-refractivity contribution is 0.143. The first kappa shape index (κ1) is 28.4. The van der Waals surface area contributed by atoms with Gasteiger partial charge in [-0.1, -0.05) is 5.16 Å². The summed E-state index contributed by atoms with van der Waals surface area (Å²) < 4.78 is 18.3. The first-order valence-corrected chi connectivity index (χ1v) is 15.6. The third-order valence-electron chi connectivity index (χ3n) is 8.69. The summed E-state index contributed by atoms with van der Waals surface area (Å²) in [6.07, 6.45) is 13.3. The lowest BCUT2D eigenvalue weighted by atomic mass is 9.63. The molecule has 1 fully saturated rings. The van der Waals surface area contributed by atoms with E-state index in [4.69, 9.17) is 24.0 Å². The summed E-state index contributed by atoms with van der Waals surface area (Å²) >= 11 is 1.60. The van der Waals surface area contributed by atoms with Crippen LogP contribution in [0.1, 0.15) is 65.9 Å². The van der Waals surface area contributed by atoms with Crippen molar-refractivity contribution >= 4 is 22.7 Å². The lowest BCUT2D eigenvalue weighted by Crippen LogP contribution is -2.35. The van der Waals surface area contributed by atoms with Gasteiger partial charge >= 0.3 is 0 Å². The van der Waals surface area contributed by atoms with Crippen LogP contribution in [-0.2, 0) is 18.3 Å². The predicted molar refractivity (Wildman–Crippen MR) is 161 cm³/mol. The third kappa shape index (κ3) is 5.07. The van der Waals surface area contributed by atoms with Gasteiger partial charge in [0.15, 0.2) is 23.0 Å². The standard InChI is InChI=1S/C31H32N8O4S/c1-39(2)18-35-29-21(12-32)25-22(44-29)6-4-8-31(25)7-3-5-20-26(38-43-27(20)31)28-36-23(41-16-30(15-40)9-10-30)11-24(37-28)42-19-13-33-17-34-14-19/h11,13-14,17-18,40H,3-10,15-16H2,1-2H3/t31-/m0/s1. The third-order valence-corrected chi connectivity index (χ3v) is 9.85. The Morgan fingerprint density at radius 1 is 1.14 bits per heavy atom. The van der Waals surface area contributed by atoms with Crippen molar-refractivity contribution in [3.8, 4) is 35.1 Å². The van der Waals surface area contributed by atoms with E-state index in [1.54, 1.807) is 36.1 Å². The summed E-state index contributed by atoms with van der Waals surface area (Å²) in [5.41, 5.74) is 2.45. The normalized spacial score (nSPS) is 19.8. The molecule has 1 saturated carbocycles. The van der Waals surface area contributed by atoms with Crippen LogP contribution in [0.2, 0.25) is 0 Å². The number of nitriles is 1. The van der Waals surface area contributed by atoms with Gasteiger partial charge in [-0.2, -0.15) is 15.2 Å². The van der Waals surface area contributed by atoms with Crippen LogP contribution in [0.5, 0.6) is 17.5 Å². The largest absolute Gasteiger partial charge is 0.477 e. The average molecular weight is 613 g/mol. The van der Waals surface area contributed by atoms with E-state index >= 15 is 0 Å². The fourth-order valence-electron chi connectivity index (χ4n) is 6.28. The van der Waals surface area contributed by atoms with Gasteiger partial charge in [-0.05, 0) is 56.9 Å². The molecular formula is C31H32N8O4S. The fourth-order valence-corrected chi connectivity index (χ4v) is 7.51. The highest BCUT2D eigenvalue weighted by Crippen LogP contribution is 2.56. The molecule has 0 saturated heterocycles. The summed E-state index contributed by atoms with van der Waals surface area (Å²) in [6, 6.07) is 4.09. The molecule has 4 heterocycles. The second-order valence-electron chi connectivity index (χ2n) is 12.0. The van der Waals surface area contributed by atoms with Crippen LogP contribution in [0.25, 0.3) is 11.5 Å². The number of aliphatic imine (C=N–C) groups is 1. The minimum Gasteiger partial charge on any atom is -0.477 e. The topological polar surface area (TPSA) is 156 Å². The van der Waals surface area contributed by atoms with E-state index in [0.717, 1.165) is 73.3 Å². The number of aromatic nitrogens is 5. The van der Waals surface area contributed by atoms with Gasteiger partial charge in [0.2, 0.25) is 11.8 Å². The summed E-state index contributed by atoms with van der Waals surface area (Å²) in [5, 5.41) is 25.4. The number of hydrogen-bond donors (Lipinski definition) is 1. The zero-order chi connectivity index (χ0) is 30.3. The number of ether oxygens (including phenoxy) is 2. The van der Waals surface area contributed by atoms with Crippen LogP contribution in [0, 0.1) is 16.7 Å². The van der Waals surface area contributed by atoms with Crippen molar-refractivity contribution in [1.82, 2.24) is 30.0 Å². The molecule has 0 amide bonds. The maximum atomic E-state index is 10.3. The second kappa shape index (κ2) is 11.3. The zero-order valence-corrected chi connectivity index (χ0v) is 25.4. The monoisotopic (exact) mass is 612 g/mol. The van der Waals surface area contributed by atoms with E-state index < -0.39 is 5.41 Å². The Labute approximate surface area is 258 Å². The average Bonchev–Trinajstić information content (AvgIpc) is 3.52. The molecule has 0 unspecified atom stereocenters. The SMILES string of the molecule is CN(C)C=Nc1sc2c(c1C#N)[C@@]1(CCC2)CCCc2c(-c3nc(OCC4(CO)CC4)cc(Oc4cncnc4)n3)noc21. The Bertz CT molecular complexity index is 1750. The summed E-state index contributed by atoms with van der Waals surface area (Å²) in [7, 11) is 3.83. The fraction of sp³-hybridized carbons (Fsp3) is 0.452. The molecule has 0 bridgehead atoms. The van der Waals surface area contributed by atoms with Gasteiger partial charge in [-0.25, -0.2) is 15.0 Å². The van der Waals surface area contributed by atoms with Crippen molar-refractivity contribution in [2.75, 3.05) is 27.3 Å². The van der Waals surface area contributed by atoms with Gasteiger partial charge in [0.1, 0.15) is 17.4 Å². The Morgan fingerprint density at radius 2 is 1.91 bits per heavy atom. The van der Waals surface area contributed by atoms with Crippen molar-refractivity contribution in [2.24, 2.45) is 10.4 Å². The van der Waals surface area contributed by atoms with E-state index in [0.29, 0.717) is 35.3 Å². The molecule has 226 valence electrons. The van der Waals surface area contributed by atoms with Crippen LogP contribution in [0.4, 0.5) is 5.00 Å². The van der Waals surface area contributed by atoms with Crippen LogP contribution in [0.15, 0.2) is 34.3 Å². The number of aliphatic hydroxyl groups excluding tert-OH is 1. The first-order valence-electron chi connectivity index (χ1n) is 14.8. The molecule has 44 heavy (non-hydrogen) atoms. The lowest BCUT2D eigenvalue weighted by Gasteiger charge is -2.39. The van der Waals surface area contributed by atoms with E-state index in [1.807, 2.05) is 19.0 Å². The van der Waals surface area contributed by atoms with Gasteiger partial charge in [0.25, 0.3) is 0 Å². The van der Waals surface area contributed by atoms with Crippen LogP contribution in [-0.4, -0.2) is 68.7 Å². The smallest absolute Gasteiger partial charge is 0.226 e. The number of thiophene rings is 1. The molecule has 4 aromatic rings. The zero-order valence-electron chi connectivity index (χ0n) is 24.6. The predicted octanol–water partition coefficient (Wildman–Crippen LogP) is 4.98. The number of rotatable bonds is 9. The van der Waals surface area contributed by atoms with Gasteiger partial charge in [-0.15, -0.1) is 11.3 Å². The van der Waals surface area contributed by atoms with Gasteiger partial charge in [0, 0.05) is 30.0 Å². The van der Waals surface area contributed by atoms with Crippen molar-refractivity contribution in [2.45, 2.75) is 56.8 Å². The Hall–Kier alpha value is -4.41. The van der Waals surface area contributed by atoms with E-state index in [-0.39, 0.29) is 17.9 Å². The van der Waals surface area contributed by atoms with Gasteiger partial charge in [-0.3, -0.25) is 0 Å². The summed E-state index contributed by atoms with van der Waals surface area (Å²) in [4.78, 5) is 25.2. The van der Waals surface area contributed by atoms with Crippen molar-refractivity contribution in [1.29, 1.82) is 5.26 Å². The highest BCUT2D eigenvalue weighted by Gasteiger charge is 2.49. The molecule has 12 nitrogen and oxygen atoms in total. The van der Waals surface area contributed by atoms with Crippen molar-refractivity contribution in [3.05, 3.63) is 52.1 Å². The molecule has 1 N–H and O–H groups in total. The van der Waals surface area contributed by atoms with E-state index in [9.17, 15) is 10.4 Å². The minimum absolute atomic E-state index is 0.0615. The summed E-state index contributed by atoms with van der Waals surface area (Å²) in [5.74, 6) is 2.09. The molecule has 0 aliphatic heterocycles. The van der Waals surface area contributed by atoms with Crippen LogP contribution in [0.3, 0.4) is 0 Å². The molecule has 7 rings (SSSR count).